The molecule has 5 fully saturated rings. The predicted molar refractivity (Wildman–Crippen MR) is 86.2 cm³/mol. The lowest BCUT2D eigenvalue weighted by atomic mass is 9.53. The Morgan fingerprint density at radius 3 is 2.05 bits per heavy atom. The van der Waals surface area contributed by atoms with Crippen LogP contribution in [0.25, 0.3) is 0 Å². The zero-order chi connectivity index (χ0) is 13.7. The van der Waals surface area contributed by atoms with Crippen molar-refractivity contribution in [1.82, 2.24) is 5.32 Å². The van der Waals surface area contributed by atoms with Gasteiger partial charge in [-0.3, -0.25) is 4.79 Å². The molecular formula is C17H29ClN2O. The van der Waals surface area contributed by atoms with Crippen molar-refractivity contribution in [3.63, 3.8) is 0 Å². The van der Waals surface area contributed by atoms with E-state index in [1.807, 2.05) is 0 Å². The van der Waals surface area contributed by atoms with Gasteiger partial charge in [0.05, 0.1) is 0 Å². The Kier molecular flexibility index (Phi) is 4.26. The molecule has 0 aromatic heterocycles. The Balaban J connectivity index is 0.00000132. The fourth-order valence-electron chi connectivity index (χ4n) is 6.09. The summed E-state index contributed by atoms with van der Waals surface area (Å²) in [6.45, 7) is 0. The molecule has 0 spiro atoms. The maximum Gasteiger partial charge on any atom is 0.223 e. The van der Waals surface area contributed by atoms with Crippen molar-refractivity contribution >= 4 is 18.3 Å². The first-order chi connectivity index (χ1) is 9.62. The number of amides is 1. The lowest BCUT2D eigenvalue weighted by Gasteiger charge is -2.57. The van der Waals surface area contributed by atoms with E-state index >= 15 is 0 Å². The Labute approximate surface area is 134 Å². The van der Waals surface area contributed by atoms with Crippen molar-refractivity contribution in [1.29, 1.82) is 0 Å². The molecule has 0 heterocycles. The minimum atomic E-state index is 0. The summed E-state index contributed by atoms with van der Waals surface area (Å²) in [4.78, 5) is 12.7. The highest BCUT2D eigenvalue weighted by molar-refractivity contribution is 5.85. The molecule has 3 N–H and O–H groups in total. The molecule has 5 saturated carbocycles. The molecule has 2 atom stereocenters. The molecule has 0 aromatic rings. The van der Waals surface area contributed by atoms with Gasteiger partial charge in [-0.1, -0.05) is 6.42 Å². The summed E-state index contributed by atoms with van der Waals surface area (Å²) < 4.78 is 0. The third-order valence-electron chi connectivity index (χ3n) is 6.51. The molecular weight excluding hydrogens is 284 g/mol. The number of hydrogen-bond donors (Lipinski definition) is 2. The van der Waals surface area contributed by atoms with Gasteiger partial charge < -0.3 is 11.1 Å². The smallest absolute Gasteiger partial charge is 0.223 e. The molecule has 1 amide bonds. The lowest BCUT2D eigenvalue weighted by Crippen LogP contribution is -2.61. The summed E-state index contributed by atoms with van der Waals surface area (Å²) in [5, 5.41) is 3.52. The lowest BCUT2D eigenvalue weighted by molar-refractivity contribution is -0.131. The number of halogens is 1. The van der Waals surface area contributed by atoms with Crippen molar-refractivity contribution in [3.8, 4) is 0 Å². The third kappa shape index (κ3) is 2.96. The first-order valence-electron chi connectivity index (χ1n) is 8.69. The fraction of sp³-hybridized carbons (Fsp3) is 0.941. The van der Waals surface area contributed by atoms with Crippen LogP contribution in [0.3, 0.4) is 0 Å². The van der Waals surface area contributed by atoms with Gasteiger partial charge in [0.1, 0.15) is 0 Å². The van der Waals surface area contributed by atoms with E-state index in [0.29, 0.717) is 5.91 Å². The van der Waals surface area contributed by atoms with Crippen LogP contribution in [-0.2, 0) is 4.79 Å². The Hall–Kier alpha value is -0.280. The van der Waals surface area contributed by atoms with Crippen molar-refractivity contribution in [3.05, 3.63) is 0 Å². The standard InChI is InChI=1S/C17H28N2O.ClH/c18-15-3-1-2-14(7-15)16(20)19-17-8-11-4-12(9-17)6-13(5-11)10-17;/h11-15H,1-10,18H2,(H,19,20);1H. The molecule has 0 aromatic carbocycles. The summed E-state index contributed by atoms with van der Waals surface area (Å²) in [5.41, 5.74) is 6.22. The van der Waals surface area contributed by atoms with Crippen molar-refractivity contribution in [2.45, 2.75) is 75.8 Å². The maximum atomic E-state index is 12.7. The van der Waals surface area contributed by atoms with E-state index in [4.69, 9.17) is 5.73 Å². The molecule has 5 aliphatic rings. The number of hydrogen-bond acceptors (Lipinski definition) is 2. The zero-order valence-corrected chi connectivity index (χ0v) is 13.7. The molecule has 3 nitrogen and oxygen atoms in total. The third-order valence-corrected chi connectivity index (χ3v) is 6.51. The second kappa shape index (κ2) is 5.73. The summed E-state index contributed by atoms with van der Waals surface area (Å²) in [7, 11) is 0. The average molecular weight is 313 g/mol. The fourth-order valence-corrected chi connectivity index (χ4v) is 6.09. The topological polar surface area (TPSA) is 55.1 Å². The highest BCUT2D eigenvalue weighted by atomic mass is 35.5. The van der Waals surface area contributed by atoms with Crippen LogP contribution >= 0.6 is 12.4 Å². The van der Waals surface area contributed by atoms with Crippen LogP contribution in [0, 0.1) is 23.7 Å². The molecule has 5 rings (SSSR count). The van der Waals surface area contributed by atoms with Crippen molar-refractivity contribution in [2.75, 3.05) is 0 Å². The Morgan fingerprint density at radius 1 is 0.952 bits per heavy atom. The van der Waals surface area contributed by atoms with Crippen molar-refractivity contribution in [2.24, 2.45) is 29.4 Å². The van der Waals surface area contributed by atoms with E-state index in [1.165, 1.54) is 38.5 Å². The normalized spacial score (nSPS) is 47.8. The van der Waals surface area contributed by atoms with Crippen LogP contribution in [0.5, 0.6) is 0 Å². The SMILES string of the molecule is Cl.NC1CCCC(C(=O)NC23CC4CC(CC(C4)C2)C3)C1. The van der Waals surface area contributed by atoms with Crippen LogP contribution in [0.4, 0.5) is 0 Å². The van der Waals surface area contributed by atoms with Crippen LogP contribution in [0.1, 0.15) is 64.2 Å². The van der Waals surface area contributed by atoms with E-state index in [2.05, 4.69) is 5.32 Å². The van der Waals surface area contributed by atoms with E-state index in [1.54, 1.807) is 0 Å². The summed E-state index contributed by atoms with van der Waals surface area (Å²) in [6, 6.07) is 0.246. The molecule has 0 radical (unpaired) electrons. The largest absolute Gasteiger partial charge is 0.350 e. The molecule has 120 valence electrons. The predicted octanol–water partition coefficient (Wildman–Crippen LogP) is 3.01. The average Bonchev–Trinajstić information content (AvgIpc) is 2.36. The summed E-state index contributed by atoms with van der Waals surface area (Å²) in [5.74, 6) is 3.20. The monoisotopic (exact) mass is 312 g/mol. The van der Waals surface area contributed by atoms with Gasteiger partial charge in [0, 0.05) is 17.5 Å². The molecule has 21 heavy (non-hydrogen) atoms. The van der Waals surface area contributed by atoms with Gasteiger partial charge in [-0.05, 0) is 75.5 Å². The van der Waals surface area contributed by atoms with E-state index < -0.39 is 0 Å². The number of carbonyl (C=O) groups excluding carboxylic acids is 1. The van der Waals surface area contributed by atoms with Crippen molar-refractivity contribution < 1.29 is 4.79 Å². The Bertz CT molecular complexity index is 376. The molecule has 0 saturated heterocycles. The summed E-state index contributed by atoms with van der Waals surface area (Å²) >= 11 is 0. The number of carbonyl (C=O) groups is 1. The van der Waals surface area contributed by atoms with E-state index in [-0.39, 0.29) is 29.9 Å². The second-order valence-corrected chi connectivity index (χ2v) is 8.31. The van der Waals surface area contributed by atoms with E-state index in [0.717, 1.165) is 43.4 Å². The van der Waals surface area contributed by atoms with Crippen LogP contribution < -0.4 is 11.1 Å². The van der Waals surface area contributed by atoms with Gasteiger partial charge in [0.25, 0.3) is 0 Å². The minimum absolute atomic E-state index is 0. The maximum absolute atomic E-state index is 12.7. The van der Waals surface area contributed by atoms with Crippen LogP contribution in [0.2, 0.25) is 0 Å². The van der Waals surface area contributed by atoms with Crippen LogP contribution in [-0.4, -0.2) is 17.5 Å². The molecule has 0 aliphatic heterocycles. The van der Waals surface area contributed by atoms with Gasteiger partial charge in [0.15, 0.2) is 0 Å². The first-order valence-corrected chi connectivity index (χ1v) is 8.69. The summed E-state index contributed by atoms with van der Waals surface area (Å²) in [6.07, 6.45) is 12.2. The first kappa shape index (κ1) is 15.6. The quantitative estimate of drug-likeness (QED) is 0.823. The van der Waals surface area contributed by atoms with E-state index in [9.17, 15) is 4.79 Å². The number of nitrogens with one attached hydrogen (secondary N) is 1. The van der Waals surface area contributed by atoms with Gasteiger partial charge in [-0.2, -0.15) is 0 Å². The van der Waals surface area contributed by atoms with Gasteiger partial charge >= 0.3 is 0 Å². The highest BCUT2D eigenvalue weighted by Gasteiger charge is 2.51. The van der Waals surface area contributed by atoms with Gasteiger partial charge in [-0.25, -0.2) is 0 Å². The molecule has 5 aliphatic carbocycles. The molecule has 2 unspecified atom stereocenters. The number of nitrogens with two attached hydrogens (primary N) is 1. The van der Waals surface area contributed by atoms with Crippen LogP contribution in [0.15, 0.2) is 0 Å². The Morgan fingerprint density at radius 2 is 1.52 bits per heavy atom. The highest BCUT2D eigenvalue weighted by Crippen LogP contribution is 2.55. The van der Waals surface area contributed by atoms with Gasteiger partial charge in [0.2, 0.25) is 5.91 Å². The minimum Gasteiger partial charge on any atom is -0.350 e. The molecule has 4 bridgehead atoms. The molecule has 4 heteroatoms. The zero-order valence-electron chi connectivity index (χ0n) is 12.9. The second-order valence-electron chi connectivity index (χ2n) is 8.31. The van der Waals surface area contributed by atoms with Gasteiger partial charge in [-0.15, -0.1) is 12.4 Å². The number of rotatable bonds is 2.